The number of β-amino-alcohol motifs (C(OH)–C–C–N with tert-alkyl or cyclic N) is 1. The van der Waals surface area contributed by atoms with Crippen LogP contribution in [0, 0.1) is 0 Å². The number of piperazine rings is 1. The average molecular weight is 519 g/mol. The van der Waals surface area contributed by atoms with E-state index in [-0.39, 0.29) is 12.4 Å². The third-order valence-corrected chi connectivity index (χ3v) is 6.98. The van der Waals surface area contributed by atoms with Gasteiger partial charge in [0.05, 0.1) is 20.1 Å². The van der Waals surface area contributed by atoms with E-state index < -0.39 is 12.0 Å². The van der Waals surface area contributed by atoms with Crippen LogP contribution in [-0.2, 0) is 11.3 Å². The van der Waals surface area contributed by atoms with Gasteiger partial charge in [-0.1, -0.05) is 60.7 Å². The van der Waals surface area contributed by atoms with E-state index in [2.05, 4.69) is 34.1 Å². The number of Topliss-reactive ketones (excluding diaryl/α,β-unsaturated/α-hetero) is 1. The summed E-state index contributed by atoms with van der Waals surface area (Å²) in [5.41, 5.74) is 2.87. The van der Waals surface area contributed by atoms with Crippen LogP contribution in [0.2, 0.25) is 0 Å². The molecule has 2 atom stereocenters. The Hall–Kier alpha value is -3.39. The first-order valence-electron chi connectivity index (χ1n) is 13.1. The highest BCUT2D eigenvalue weighted by Crippen LogP contribution is 2.41. The van der Waals surface area contributed by atoms with E-state index in [0.29, 0.717) is 29.4 Å². The Balaban J connectivity index is 1.41. The fourth-order valence-electron chi connectivity index (χ4n) is 5.01. The smallest absolute Gasteiger partial charge is 0.164 e. The highest BCUT2D eigenvalue weighted by Gasteiger charge is 2.26. The van der Waals surface area contributed by atoms with E-state index in [4.69, 9.17) is 14.2 Å². The molecule has 0 amide bonds. The number of aliphatic hydroxyl groups excluding tert-OH is 1. The molecular weight excluding hydrogens is 480 g/mol. The van der Waals surface area contributed by atoms with Gasteiger partial charge in [0.15, 0.2) is 11.5 Å². The number of rotatable bonds is 12. The van der Waals surface area contributed by atoms with Crippen LogP contribution >= 0.6 is 0 Å². The zero-order chi connectivity index (χ0) is 26.9. The van der Waals surface area contributed by atoms with Gasteiger partial charge in [-0.25, -0.2) is 0 Å². The average Bonchev–Trinajstić information content (AvgIpc) is 2.94. The summed E-state index contributed by atoms with van der Waals surface area (Å²) in [7, 11) is 3.13. The van der Waals surface area contributed by atoms with Gasteiger partial charge in [0.25, 0.3) is 0 Å². The van der Waals surface area contributed by atoms with Crippen LogP contribution in [0.25, 0.3) is 0 Å². The molecule has 0 aromatic heterocycles. The molecule has 0 saturated carbocycles. The van der Waals surface area contributed by atoms with E-state index in [1.807, 2.05) is 36.4 Å². The molecule has 1 heterocycles. The molecule has 3 aromatic rings. The van der Waals surface area contributed by atoms with Crippen molar-refractivity contribution < 1.29 is 24.1 Å². The van der Waals surface area contributed by atoms with Crippen molar-refractivity contribution >= 4 is 5.78 Å². The van der Waals surface area contributed by atoms with Gasteiger partial charge in [0.1, 0.15) is 24.2 Å². The quantitative estimate of drug-likeness (QED) is 0.389. The van der Waals surface area contributed by atoms with Gasteiger partial charge in [-0.3, -0.25) is 14.6 Å². The molecule has 1 saturated heterocycles. The van der Waals surface area contributed by atoms with Crippen LogP contribution in [0.3, 0.4) is 0 Å². The standard InChI is InChI=1S/C31H38N2O5/c1-23(34)31(25-12-8-5-9-13-25)27-18-29(36-2)30(37-3)19-28(27)38-22-26(35)21-33-16-14-32(15-17-33)20-24-10-6-4-7-11-24/h4-13,18-19,26,31,35H,14-17,20-22H2,1-3H3. The molecule has 1 aliphatic rings. The largest absolute Gasteiger partial charge is 0.493 e. The lowest BCUT2D eigenvalue weighted by Crippen LogP contribution is -2.48. The van der Waals surface area contributed by atoms with Crippen molar-refractivity contribution in [2.45, 2.75) is 25.5 Å². The van der Waals surface area contributed by atoms with Crippen molar-refractivity contribution in [3.8, 4) is 17.2 Å². The molecule has 38 heavy (non-hydrogen) atoms. The molecule has 3 aromatic carbocycles. The normalized spacial score (nSPS) is 16.0. The Morgan fingerprint density at radius 3 is 2.03 bits per heavy atom. The van der Waals surface area contributed by atoms with Crippen molar-refractivity contribution in [1.29, 1.82) is 0 Å². The number of methoxy groups -OCH3 is 2. The summed E-state index contributed by atoms with van der Waals surface area (Å²) < 4.78 is 17.2. The van der Waals surface area contributed by atoms with Crippen LogP contribution in [-0.4, -0.2) is 80.3 Å². The number of carbonyl (C=O) groups is 1. The fraction of sp³-hybridized carbons (Fsp3) is 0.387. The maximum Gasteiger partial charge on any atom is 0.164 e. The molecule has 7 heteroatoms. The summed E-state index contributed by atoms with van der Waals surface area (Å²) in [6.45, 7) is 6.85. The third-order valence-electron chi connectivity index (χ3n) is 6.98. The van der Waals surface area contributed by atoms with Crippen molar-refractivity contribution in [1.82, 2.24) is 9.80 Å². The van der Waals surface area contributed by atoms with Gasteiger partial charge < -0.3 is 19.3 Å². The molecule has 1 aliphatic heterocycles. The summed E-state index contributed by atoms with van der Waals surface area (Å²) >= 11 is 0. The predicted molar refractivity (Wildman–Crippen MR) is 148 cm³/mol. The summed E-state index contributed by atoms with van der Waals surface area (Å²) in [5, 5.41) is 10.8. The molecule has 4 rings (SSSR count). The van der Waals surface area contributed by atoms with Gasteiger partial charge in [-0.05, 0) is 24.1 Å². The summed E-state index contributed by atoms with van der Waals surface area (Å²) in [5.74, 6) is 0.984. The maximum atomic E-state index is 12.8. The number of ketones is 1. The van der Waals surface area contributed by atoms with Gasteiger partial charge >= 0.3 is 0 Å². The van der Waals surface area contributed by atoms with Crippen molar-refractivity contribution in [2.24, 2.45) is 0 Å². The molecule has 7 nitrogen and oxygen atoms in total. The van der Waals surface area contributed by atoms with Gasteiger partial charge in [-0.2, -0.15) is 0 Å². The number of carbonyl (C=O) groups excluding carboxylic acids is 1. The minimum atomic E-state index is -0.677. The van der Waals surface area contributed by atoms with E-state index >= 15 is 0 Å². The summed E-state index contributed by atoms with van der Waals surface area (Å²) in [6.07, 6.45) is -0.677. The Bertz CT molecular complexity index is 1160. The highest BCUT2D eigenvalue weighted by molar-refractivity contribution is 5.88. The second-order valence-corrected chi connectivity index (χ2v) is 9.73. The first-order valence-corrected chi connectivity index (χ1v) is 13.1. The second-order valence-electron chi connectivity index (χ2n) is 9.73. The van der Waals surface area contributed by atoms with Crippen molar-refractivity contribution in [2.75, 3.05) is 53.6 Å². The molecular formula is C31H38N2O5. The highest BCUT2D eigenvalue weighted by atomic mass is 16.5. The number of aliphatic hydroxyl groups is 1. The predicted octanol–water partition coefficient (Wildman–Crippen LogP) is 3.98. The monoisotopic (exact) mass is 518 g/mol. The Labute approximate surface area is 225 Å². The van der Waals surface area contributed by atoms with Crippen LogP contribution in [0.4, 0.5) is 0 Å². The van der Waals surface area contributed by atoms with E-state index in [9.17, 15) is 9.90 Å². The van der Waals surface area contributed by atoms with E-state index in [1.54, 1.807) is 33.3 Å². The number of hydrogen-bond donors (Lipinski definition) is 1. The van der Waals surface area contributed by atoms with Crippen molar-refractivity contribution in [3.05, 3.63) is 89.5 Å². The first-order chi connectivity index (χ1) is 18.5. The van der Waals surface area contributed by atoms with Crippen LogP contribution < -0.4 is 14.2 Å². The molecule has 2 unspecified atom stereocenters. The first kappa shape index (κ1) is 27.6. The zero-order valence-corrected chi connectivity index (χ0v) is 22.5. The molecule has 1 N–H and O–H groups in total. The Morgan fingerprint density at radius 1 is 0.842 bits per heavy atom. The second kappa shape index (κ2) is 13.4. The molecule has 0 bridgehead atoms. The Kier molecular flexibility index (Phi) is 9.76. The molecule has 0 spiro atoms. The minimum Gasteiger partial charge on any atom is -0.493 e. The maximum absolute atomic E-state index is 12.8. The fourth-order valence-corrected chi connectivity index (χ4v) is 5.01. The van der Waals surface area contributed by atoms with Gasteiger partial charge in [-0.15, -0.1) is 0 Å². The zero-order valence-electron chi connectivity index (χ0n) is 22.5. The number of nitrogens with zero attached hydrogens (tertiary/aromatic N) is 2. The molecule has 0 aliphatic carbocycles. The van der Waals surface area contributed by atoms with E-state index in [1.165, 1.54) is 5.56 Å². The number of ether oxygens (including phenoxy) is 3. The molecule has 0 radical (unpaired) electrons. The lowest BCUT2D eigenvalue weighted by molar-refractivity contribution is -0.117. The lowest BCUT2D eigenvalue weighted by atomic mass is 9.87. The summed E-state index contributed by atoms with van der Waals surface area (Å²) in [4.78, 5) is 17.5. The van der Waals surface area contributed by atoms with Crippen LogP contribution in [0.1, 0.15) is 29.5 Å². The van der Waals surface area contributed by atoms with Crippen LogP contribution in [0.15, 0.2) is 72.8 Å². The topological polar surface area (TPSA) is 71.5 Å². The van der Waals surface area contributed by atoms with Gasteiger partial charge in [0.2, 0.25) is 0 Å². The Morgan fingerprint density at radius 2 is 1.42 bits per heavy atom. The van der Waals surface area contributed by atoms with Gasteiger partial charge in [0, 0.05) is 50.9 Å². The number of benzene rings is 3. The third kappa shape index (κ3) is 7.13. The van der Waals surface area contributed by atoms with Crippen molar-refractivity contribution in [3.63, 3.8) is 0 Å². The molecule has 1 fully saturated rings. The number of hydrogen-bond acceptors (Lipinski definition) is 7. The lowest BCUT2D eigenvalue weighted by Gasteiger charge is -2.35. The minimum absolute atomic E-state index is 0.0119. The SMILES string of the molecule is COc1cc(OCC(O)CN2CCN(Cc3ccccc3)CC2)c(C(C(C)=O)c2ccccc2)cc1OC. The molecule has 202 valence electrons. The summed E-state index contributed by atoms with van der Waals surface area (Å²) in [6, 6.07) is 23.6. The van der Waals surface area contributed by atoms with E-state index in [0.717, 1.165) is 38.3 Å². The van der Waals surface area contributed by atoms with Crippen LogP contribution in [0.5, 0.6) is 17.2 Å².